The van der Waals surface area contributed by atoms with Crippen LogP contribution in [0.5, 0.6) is 5.75 Å². The molecule has 7 heteroatoms. The molecule has 2 aliphatic rings. The van der Waals surface area contributed by atoms with Crippen LogP contribution in [0.25, 0.3) is 0 Å². The monoisotopic (exact) mass is 423 g/mol. The van der Waals surface area contributed by atoms with Gasteiger partial charge in [0.1, 0.15) is 11.6 Å². The summed E-state index contributed by atoms with van der Waals surface area (Å²) in [6.45, 7) is 1.61. The molecule has 0 saturated carbocycles. The van der Waals surface area contributed by atoms with Gasteiger partial charge < -0.3 is 20.5 Å². The van der Waals surface area contributed by atoms with Crippen LogP contribution in [-0.4, -0.2) is 35.1 Å². The highest BCUT2D eigenvalue weighted by Crippen LogP contribution is 2.30. The summed E-state index contributed by atoms with van der Waals surface area (Å²) in [5.74, 6) is 0.706. The van der Waals surface area contributed by atoms with Crippen molar-refractivity contribution in [3.05, 3.63) is 52.7 Å². The van der Waals surface area contributed by atoms with Crippen LogP contribution in [0.1, 0.15) is 60.5 Å². The number of unbranched alkanes of at least 4 members (excludes halogenated alkanes) is 1. The molecule has 0 bridgehead atoms. The first-order chi connectivity index (χ1) is 15.1. The summed E-state index contributed by atoms with van der Waals surface area (Å²) in [7, 11) is 0. The number of rotatable bonds is 9. The van der Waals surface area contributed by atoms with E-state index in [9.17, 15) is 14.7 Å². The van der Waals surface area contributed by atoms with E-state index in [4.69, 9.17) is 9.72 Å². The molecule has 1 unspecified atom stereocenters. The highest BCUT2D eigenvalue weighted by atomic mass is 16.5. The largest absolute Gasteiger partial charge is 0.493 e. The number of ether oxygens (including phenoxy) is 1. The number of carboxylic acids is 1. The van der Waals surface area contributed by atoms with E-state index in [0.717, 1.165) is 73.5 Å². The number of hydrogen-bond acceptors (Lipinski definition) is 5. The van der Waals surface area contributed by atoms with Crippen molar-refractivity contribution < 1.29 is 19.4 Å². The predicted molar refractivity (Wildman–Crippen MR) is 117 cm³/mol. The third-order valence-electron chi connectivity index (χ3n) is 5.88. The van der Waals surface area contributed by atoms with Crippen molar-refractivity contribution in [3.63, 3.8) is 0 Å². The topological polar surface area (TPSA) is 101 Å². The van der Waals surface area contributed by atoms with Crippen LogP contribution in [0, 0.1) is 0 Å². The fourth-order valence-corrected chi connectivity index (χ4v) is 4.19. The standard InChI is InChI=1S/C24H29N3O4/c28-22(6-2-1-5-19-10-9-17-4-3-12-25-24(17)26-19)27-20(15-23(29)30)18-8-7-16-11-13-31-21(16)14-18/h7-10,14,20H,1-6,11-13,15H2,(H,25,26)(H,27,28)(H,29,30). The normalized spacial score (nSPS) is 15.2. The molecule has 0 spiro atoms. The van der Waals surface area contributed by atoms with Crippen molar-refractivity contribution in [1.82, 2.24) is 10.3 Å². The first-order valence-electron chi connectivity index (χ1n) is 11.1. The summed E-state index contributed by atoms with van der Waals surface area (Å²) in [5, 5.41) is 15.5. The number of anilines is 1. The van der Waals surface area contributed by atoms with Gasteiger partial charge in [-0.05, 0) is 60.9 Å². The van der Waals surface area contributed by atoms with Gasteiger partial charge in [-0.15, -0.1) is 0 Å². The van der Waals surface area contributed by atoms with Crippen LogP contribution >= 0.6 is 0 Å². The summed E-state index contributed by atoms with van der Waals surface area (Å²) in [5.41, 5.74) is 4.20. The van der Waals surface area contributed by atoms with E-state index in [0.29, 0.717) is 13.0 Å². The second kappa shape index (κ2) is 9.81. The predicted octanol–water partition coefficient (Wildman–Crippen LogP) is 3.42. The van der Waals surface area contributed by atoms with Crippen molar-refractivity contribution in [2.45, 2.75) is 57.4 Å². The average Bonchev–Trinajstić information content (AvgIpc) is 3.24. The SMILES string of the molecule is O=C(O)CC(NC(=O)CCCCc1ccc2c(n1)NCCC2)c1ccc2c(c1)OCC2. The number of aliphatic carboxylic acids is 1. The van der Waals surface area contributed by atoms with Crippen molar-refractivity contribution in [1.29, 1.82) is 0 Å². The Morgan fingerprint density at radius 1 is 1.16 bits per heavy atom. The number of nitrogens with zero attached hydrogens (tertiary/aromatic N) is 1. The number of carbonyl (C=O) groups excluding carboxylic acids is 1. The molecule has 31 heavy (non-hydrogen) atoms. The second-order valence-corrected chi connectivity index (χ2v) is 8.23. The Bertz CT molecular complexity index is 960. The third-order valence-corrected chi connectivity index (χ3v) is 5.88. The molecule has 1 aromatic carbocycles. The quantitative estimate of drug-likeness (QED) is 0.535. The summed E-state index contributed by atoms with van der Waals surface area (Å²) < 4.78 is 5.58. The lowest BCUT2D eigenvalue weighted by Crippen LogP contribution is -2.30. The lowest BCUT2D eigenvalue weighted by molar-refractivity contribution is -0.137. The Hall–Kier alpha value is -3.09. The van der Waals surface area contributed by atoms with E-state index in [2.05, 4.69) is 22.8 Å². The van der Waals surface area contributed by atoms with Crippen LogP contribution in [0.15, 0.2) is 30.3 Å². The highest BCUT2D eigenvalue weighted by molar-refractivity contribution is 5.77. The van der Waals surface area contributed by atoms with E-state index in [-0.39, 0.29) is 12.3 Å². The van der Waals surface area contributed by atoms with E-state index >= 15 is 0 Å². The minimum absolute atomic E-state index is 0.132. The molecule has 2 aromatic rings. The molecule has 1 atom stereocenters. The van der Waals surface area contributed by atoms with Gasteiger partial charge in [0, 0.05) is 25.1 Å². The number of benzene rings is 1. The van der Waals surface area contributed by atoms with Crippen LogP contribution in [0.4, 0.5) is 5.82 Å². The molecular weight excluding hydrogens is 394 g/mol. The zero-order chi connectivity index (χ0) is 21.6. The number of pyridine rings is 1. The number of aromatic nitrogens is 1. The molecule has 2 aliphatic heterocycles. The maximum Gasteiger partial charge on any atom is 0.305 e. The second-order valence-electron chi connectivity index (χ2n) is 8.23. The van der Waals surface area contributed by atoms with Gasteiger partial charge in [0.05, 0.1) is 19.1 Å². The smallest absolute Gasteiger partial charge is 0.305 e. The molecule has 3 heterocycles. The summed E-state index contributed by atoms with van der Waals surface area (Å²) in [6, 6.07) is 9.35. The molecule has 1 amide bonds. The molecule has 0 fully saturated rings. The number of carboxylic acid groups (broad SMARTS) is 1. The van der Waals surface area contributed by atoms with Crippen LogP contribution in [0.3, 0.4) is 0 Å². The molecule has 0 aliphatic carbocycles. The van der Waals surface area contributed by atoms with E-state index < -0.39 is 12.0 Å². The molecule has 164 valence electrons. The van der Waals surface area contributed by atoms with Crippen LogP contribution < -0.4 is 15.4 Å². The molecule has 7 nitrogen and oxygen atoms in total. The van der Waals surface area contributed by atoms with E-state index in [1.807, 2.05) is 18.2 Å². The first kappa shape index (κ1) is 21.2. The Morgan fingerprint density at radius 3 is 2.90 bits per heavy atom. The minimum Gasteiger partial charge on any atom is -0.493 e. The fraction of sp³-hybridized carbons (Fsp3) is 0.458. The number of carbonyl (C=O) groups is 2. The third kappa shape index (κ3) is 5.54. The van der Waals surface area contributed by atoms with Crippen LogP contribution in [0.2, 0.25) is 0 Å². The highest BCUT2D eigenvalue weighted by Gasteiger charge is 2.21. The Balaban J connectivity index is 1.27. The summed E-state index contributed by atoms with van der Waals surface area (Å²) >= 11 is 0. The molecule has 4 rings (SSSR count). The zero-order valence-corrected chi connectivity index (χ0v) is 17.7. The number of nitrogens with one attached hydrogen (secondary N) is 2. The lowest BCUT2D eigenvalue weighted by atomic mass is 10.0. The Morgan fingerprint density at radius 2 is 2.03 bits per heavy atom. The van der Waals surface area contributed by atoms with Crippen molar-refractivity contribution in [3.8, 4) is 5.75 Å². The molecule has 3 N–H and O–H groups in total. The zero-order valence-electron chi connectivity index (χ0n) is 17.7. The van der Waals surface area contributed by atoms with Gasteiger partial charge in [0.2, 0.25) is 5.91 Å². The minimum atomic E-state index is -0.946. The number of fused-ring (bicyclic) bond motifs is 2. The van der Waals surface area contributed by atoms with Gasteiger partial charge in [-0.25, -0.2) is 4.98 Å². The molecule has 1 aromatic heterocycles. The summed E-state index contributed by atoms with van der Waals surface area (Å²) in [4.78, 5) is 28.5. The van der Waals surface area contributed by atoms with E-state index in [1.54, 1.807) is 0 Å². The summed E-state index contributed by atoms with van der Waals surface area (Å²) in [6.07, 6.45) is 5.69. The van der Waals surface area contributed by atoms with Gasteiger partial charge in [-0.3, -0.25) is 9.59 Å². The van der Waals surface area contributed by atoms with Gasteiger partial charge in [0.25, 0.3) is 0 Å². The van der Waals surface area contributed by atoms with Crippen molar-refractivity contribution in [2.75, 3.05) is 18.5 Å². The molecule has 0 saturated heterocycles. The van der Waals surface area contributed by atoms with Crippen LogP contribution in [-0.2, 0) is 28.9 Å². The maximum absolute atomic E-state index is 12.5. The van der Waals surface area contributed by atoms with Gasteiger partial charge >= 0.3 is 5.97 Å². The average molecular weight is 424 g/mol. The lowest BCUT2D eigenvalue weighted by Gasteiger charge is -2.18. The van der Waals surface area contributed by atoms with Crippen molar-refractivity contribution >= 4 is 17.7 Å². The first-order valence-corrected chi connectivity index (χ1v) is 11.1. The Labute approximate surface area is 182 Å². The fourth-order valence-electron chi connectivity index (χ4n) is 4.19. The van der Waals surface area contributed by atoms with E-state index in [1.165, 1.54) is 5.56 Å². The number of aryl methyl sites for hydroxylation is 2. The molecular formula is C24H29N3O4. The van der Waals surface area contributed by atoms with Crippen molar-refractivity contribution in [2.24, 2.45) is 0 Å². The number of hydrogen-bond donors (Lipinski definition) is 3. The maximum atomic E-state index is 12.5. The van der Waals surface area contributed by atoms with Gasteiger partial charge in [-0.1, -0.05) is 18.2 Å². The Kier molecular flexibility index (Phi) is 6.70. The van der Waals surface area contributed by atoms with Gasteiger partial charge in [-0.2, -0.15) is 0 Å². The number of amides is 1. The molecule has 0 radical (unpaired) electrons. The van der Waals surface area contributed by atoms with Gasteiger partial charge in [0.15, 0.2) is 0 Å².